The van der Waals surface area contributed by atoms with E-state index >= 15 is 0 Å². The largest absolute Gasteiger partial charge is 0.496 e. The summed E-state index contributed by atoms with van der Waals surface area (Å²) < 4.78 is 36.7. The van der Waals surface area contributed by atoms with E-state index in [1.807, 2.05) is 0 Å². The van der Waals surface area contributed by atoms with Crippen LogP contribution in [-0.4, -0.2) is 12.1 Å². The topological polar surface area (TPSA) is 44.5 Å². The molecule has 0 amide bonds. The molecule has 6 heteroatoms. The van der Waals surface area contributed by atoms with E-state index in [4.69, 9.17) is 27.4 Å². The molecule has 0 bridgehead atoms. The molecule has 0 fully saturated rings. The lowest BCUT2D eigenvalue weighted by atomic mass is 10.1. The van der Waals surface area contributed by atoms with E-state index in [-0.39, 0.29) is 17.3 Å². The average Bonchev–Trinajstić information content (AvgIpc) is 2.45. The van der Waals surface area contributed by atoms with Gasteiger partial charge >= 0.3 is 0 Å². The van der Waals surface area contributed by atoms with Gasteiger partial charge in [0.15, 0.2) is 11.6 Å². The van der Waals surface area contributed by atoms with Crippen molar-refractivity contribution in [2.45, 2.75) is 6.61 Å². The molecule has 0 radical (unpaired) electrons. The monoisotopic (exact) mass is 309 g/mol. The van der Waals surface area contributed by atoms with Crippen LogP contribution in [0.15, 0.2) is 36.4 Å². The fraction of sp³-hybridized carbons (Fsp3) is 0.133. The molecule has 0 saturated carbocycles. The minimum Gasteiger partial charge on any atom is -0.496 e. The van der Waals surface area contributed by atoms with E-state index in [9.17, 15) is 8.78 Å². The summed E-state index contributed by atoms with van der Waals surface area (Å²) in [5.41, 5.74) is 6.94. The highest BCUT2D eigenvalue weighted by Crippen LogP contribution is 2.23. The Hall–Kier alpha value is -2.21. The molecule has 21 heavy (non-hydrogen) atoms. The van der Waals surface area contributed by atoms with Gasteiger partial charge in [-0.05, 0) is 29.8 Å². The molecule has 0 aliphatic rings. The van der Waals surface area contributed by atoms with Crippen LogP contribution in [0.25, 0.3) is 0 Å². The molecule has 2 aromatic rings. The SMILES string of the molecule is COc1cc(COc2ccc(F)cc2F)ccc1C(N)=S. The minimum absolute atomic E-state index is 0.0196. The molecule has 0 heterocycles. The van der Waals surface area contributed by atoms with Gasteiger partial charge in [0.1, 0.15) is 23.2 Å². The highest BCUT2D eigenvalue weighted by atomic mass is 32.1. The van der Waals surface area contributed by atoms with Gasteiger partial charge < -0.3 is 15.2 Å². The number of benzene rings is 2. The fourth-order valence-corrected chi connectivity index (χ4v) is 1.95. The Morgan fingerprint density at radius 3 is 2.52 bits per heavy atom. The van der Waals surface area contributed by atoms with E-state index < -0.39 is 11.6 Å². The predicted molar refractivity (Wildman–Crippen MR) is 79.6 cm³/mol. The Labute approximate surface area is 126 Å². The summed E-state index contributed by atoms with van der Waals surface area (Å²) >= 11 is 4.91. The first-order valence-electron chi connectivity index (χ1n) is 6.06. The van der Waals surface area contributed by atoms with Gasteiger partial charge in [0.25, 0.3) is 0 Å². The lowest BCUT2D eigenvalue weighted by Crippen LogP contribution is -2.11. The maximum Gasteiger partial charge on any atom is 0.167 e. The van der Waals surface area contributed by atoms with Gasteiger partial charge in [0.2, 0.25) is 0 Å². The van der Waals surface area contributed by atoms with Crippen molar-refractivity contribution >= 4 is 17.2 Å². The molecular weight excluding hydrogens is 296 g/mol. The minimum atomic E-state index is -0.748. The number of hydrogen-bond donors (Lipinski definition) is 1. The quantitative estimate of drug-likeness (QED) is 0.862. The summed E-state index contributed by atoms with van der Waals surface area (Å²) in [4.78, 5) is 0.226. The van der Waals surface area contributed by atoms with E-state index in [1.54, 1.807) is 18.2 Å². The van der Waals surface area contributed by atoms with Crippen molar-refractivity contribution in [2.24, 2.45) is 5.73 Å². The van der Waals surface area contributed by atoms with Gasteiger partial charge in [-0.1, -0.05) is 18.3 Å². The number of rotatable bonds is 5. The Morgan fingerprint density at radius 2 is 1.90 bits per heavy atom. The van der Waals surface area contributed by atoms with Gasteiger partial charge in [0.05, 0.1) is 12.7 Å². The molecular formula is C15H13F2NO2S. The van der Waals surface area contributed by atoms with Crippen molar-refractivity contribution < 1.29 is 18.3 Å². The molecule has 2 rings (SSSR count). The third kappa shape index (κ3) is 3.66. The normalized spacial score (nSPS) is 10.2. The standard InChI is InChI=1S/C15H13F2NO2S/c1-19-14-6-9(2-4-11(14)15(18)21)8-20-13-5-3-10(16)7-12(13)17/h2-7H,8H2,1H3,(H2,18,21). The molecule has 0 aliphatic heterocycles. The van der Waals surface area contributed by atoms with Crippen LogP contribution < -0.4 is 15.2 Å². The number of halogens is 2. The van der Waals surface area contributed by atoms with Crippen molar-refractivity contribution in [1.29, 1.82) is 0 Å². The van der Waals surface area contributed by atoms with Crippen LogP contribution in [0, 0.1) is 11.6 Å². The summed E-state index contributed by atoms with van der Waals surface area (Å²) in [6, 6.07) is 8.31. The predicted octanol–water partition coefficient (Wildman–Crippen LogP) is 3.19. The van der Waals surface area contributed by atoms with Gasteiger partial charge in [-0.15, -0.1) is 0 Å². The second-order valence-electron chi connectivity index (χ2n) is 4.26. The summed E-state index contributed by atoms with van der Waals surface area (Å²) in [5, 5.41) is 0. The zero-order valence-corrected chi connectivity index (χ0v) is 12.0. The average molecular weight is 309 g/mol. The third-order valence-electron chi connectivity index (χ3n) is 2.82. The van der Waals surface area contributed by atoms with Gasteiger partial charge in [-0.2, -0.15) is 0 Å². The second kappa shape index (κ2) is 6.49. The molecule has 3 nitrogen and oxygen atoms in total. The summed E-state index contributed by atoms with van der Waals surface area (Å²) in [5.74, 6) is -0.902. The van der Waals surface area contributed by atoms with E-state index in [1.165, 1.54) is 13.2 Å². The van der Waals surface area contributed by atoms with Crippen molar-refractivity contribution in [1.82, 2.24) is 0 Å². The molecule has 0 aromatic heterocycles. The van der Waals surface area contributed by atoms with Crippen LogP contribution in [0.1, 0.15) is 11.1 Å². The van der Waals surface area contributed by atoms with Crippen molar-refractivity contribution in [3.05, 3.63) is 59.2 Å². The zero-order chi connectivity index (χ0) is 15.4. The molecule has 0 spiro atoms. The lowest BCUT2D eigenvalue weighted by Gasteiger charge is -2.11. The smallest absolute Gasteiger partial charge is 0.167 e. The summed E-state index contributed by atoms with van der Waals surface area (Å²) in [6.07, 6.45) is 0. The maximum atomic E-state index is 13.4. The van der Waals surface area contributed by atoms with Gasteiger partial charge in [0, 0.05) is 6.07 Å². The van der Waals surface area contributed by atoms with Crippen LogP contribution >= 0.6 is 12.2 Å². The number of ether oxygens (including phenoxy) is 2. The molecule has 0 aliphatic carbocycles. The number of methoxy groups -OCH3 is 1. The highest BCUT2D eigenvalue weighted by Gasteiger charge is 2.09. The molecule has 0 atom stereocenters. The molecule has 0 saturated heterocycles. The van der Waals surface area contributed by atoms with E-state index in [2.05, 4.69) is 0 Å². The van der Waals surface area contributed by atoms with E-state index in [0.29, 0.717) is 11.3 Å². The highest BCUT2D eigenvalue weighted by molar-refractivity contribution is 7.80. The van der Waals surface area contributed by atoms with Crippen molar-refractivity contribution in [3.8, 4) is 11.5 Å². The lowest BCUT2D eigenvalue weighted by molar-refractivity contribution is 0.288. The summed E-state index contributed by atoms with van der Waals surface area (Å²) in [6.45, 7) is 0.108. The number of hydrogen-bond acceptors (Lipinski definition) is 3. The van der Waals surface area contributed by atoms with Crippen LogP contribution in [-0.2, 0) is 6.61 Å². The van der Waals surface area contributed by atoms with Crippen molar-refractivity contribution in [3.63, 3.8) is 0 Å². The first-order chi connectivity index (χ1) is 10.0. The Bertz CT molecular complexity index is 677. The molecule has 2 N–H and O–H groups in total. The first-order valence-corrected chi connectivity index (χ1v) is 6.46. The molecule has 110 valence electrons. The Morgan fingerprint density at radius 1 is 1.14 bits per heavy atom. The summed E-state index contributed by atoms with van der Waals surface area (Å²) in [7, 11) is 1.50. The van der Waals surface area contributed by atoms with Gasteiger partial charge in [-0.25, -0.2) is 8.78 Å². The van der Waals surface area contributed by atoms with Crippen LogP contribution in [0.4, 0.5) is 8.78 Å². The zero-order valence-electron chi connectivity index (χ0n) is 11.2. The first kappa shape index (κ1) is 15.2. The third-order valence-corrected chi connectivity index (χ3v) is 3.04. The van der Waals surface area contributed by atoms with Crippen molar-refractivity contribution in [2.75, 3.05) is 7.11 Å². The van der Waals surface area contributed by atoms with Crippen LogP contribution in [0.2, 0.25) is 0 Å². The maximum absolute atomic E-state index is 13.4. The van der Waals surface area contributed by atoms with E-state index in [0.717, 1.165) is 17.7 Å². The fourth-order valence-electron chi connectivity index (χ4n) is 1.78. The number of thiocarbonyl (C=S) groups is 1. The van der Waals surface area contributed by atoms with Crippen LogP contribution in [0.5, 0.6) is 11.5 Å². The van der Waals surface area contributed by atoms with Gasteiger partial charge in [-0.3, -0.25) is 0 Å². The second-order valence-corrected chi connectivity index (χ2v) is 4.70. The molecule has 2 aromatic carbocycles. The Balaban J connectivity index is 2.15. The Kier molecular flexibility index (Phi) is 4.70. The number of nitrogens with two attached hydrogens (primary N) is 1. The molecule has 0 unspecified atom stereocenters. The van der Waals surface area contributed by atoms with Crippen LogP contribution in [0.3, 0.4) is 0 Å².